The van der Waals surface area contributed by atoms with Crippen molar-refractivity contribution in [3.63, 3.8) is 0 Å². The van der Waals surface area contributed by atoms with Crippen molar-refractivity contribution in [1.82, 2.24) is 0 Å². The van der Waals surface area contributed by atoms with E-state index in [2.05, 4.69) is 11.1 Å². The molecule has 0 aromatic heterocycles. The first-order chi connectivity index (χ1) is 3.41. The van der Waals surface area contributed by atoms with Crippen molar-refractivity contribution in [2.75, 3.05) is 6.61 Å². The van der Waals surface area contributed by atoms with Gasteiger partial charge < -0.3 is 0 Å². The molecule has 0 spiro atoms. The molecule has 0 aromatic rings. The van der Waals surface area contributed by atoms with Crippen LogP contribution in [0.3, 0.4) is 0 Å². The summed E-state index contributed by atoms with van der Waals surface area (Å²) < 4.78 is 14.0. The van der Waals surface area contributed by atoms with Crippen molar-refractivity contribution in [3.05, 3.63) is 0 Å². The summed E-state index contributed by atoms with van der Waals surface area (Å²) in [6.07, 6.45) is 2.09. The molecule has 0 aliphatic carbocycles. The molecule has 0 saturated carbocycles. The fraction of sp³-hybridized carbons (Fsp3) is 1.00. The molecule has 0 N–H and O–H groups in total. The van der Waals surface area contributed by atoms with Crippen LogP contribution in [0.15, 0.2) is 0 Å². The second-order valence-corrected chi connectivity index (χ2v) is 1.67. The quantitative estimate of drug-likeness (QED) is 0.343. The van der Waals surface area contributed by atoms with Crippen LogP contribution in [0, 0.1) is 0 Å². The maximum atomic E-state index is 9.55. The van der Waals surface area contributed by atoms with Gasteiger partial charge in [0.1, 0.15) is 11.9 Å². The van der Waals surface area contributed by atoms with Gasteiger partial charge in [-0.1, -0.05) is 13.3 Å². The van der Waals surface area contributed by atoms with E-state index in [9.17, 15) is 4.21 Å². The Balaban J connectivity index is 0. The van der Waals surface area contributed by atoms with E-state index in [0.29, 0.717) is 6.61 Å². The third-order valence-corrected chi connectivity index (χ3v) is 0.930. The van der Waals surface area contributed by atoms with Gasteiger partial charge in [-0.2, -0.15) is 0 Å². The Kier molecular flexibility index (Phi) is 16.3. The SMILES string of the molecule is CCCCO[SH]=O.[NaH]. The Labute approximate surface area is 76.0 Å². The number of rotatable bonds is 4. The van der Waals surface area contributed by atoms with Crippen molar-refractivity contribution in [2.45, 2.75) is 19.8 Å². The molecule has 0 aromatic carbocycles. The molecule has 0 heterocycles. The molecule has 46 valence electrons. The van der Waals surface area contributed by atoms with Crippen molar-refractivity contribution in [1.29, 1.82) is 0 Å². The first kappa shape index (κ1) is 11.9. The maximum absolute atomic E-state index is 9.55. The normalized spacial score (nSPS) is 8.12. The van der Waals surface area contributed by atoms with Crippen LogP contribution in [-0.4, -0.2) is 40.4 Å². The summed E-state index contributed by atoms with van der Waals surface area (Å²) in [5.41, 5.74) is 0. The van der Waals surface area contributed by atoms with Crippen LogP contribution in [0.1, 0.15) is 19.8 Å². The van der Waals surface area contributed by atoms with Crippen LogP contribution in [0.25, 0.3) is 0 Å². The Morgan fingerprint density at radius 2 is 2.25 bits per heavy atom. The second kappa shape index (κ2) is 11.0. The molecule has 0 aliphatic rings. The Hall–Kier alpha value is 1.11. The van der Waals surface area contributed by atoms with Gasteiger partial charge in [-0.05, 0) is 6.42 Å². The molecule has 0 unspecified atom stereocenters. The van der Waals surface area contributed by atoms with Crippen LogP contribution >= 0.6 is 0 Å². The summed E-state index contributed by atoms with van der Waals surface area (Å²) in [5, 5.41) is 0. The van der Waals surface area contributed by atoms with E-state index in [0.717, 1.165) is 12.8 Å². The number of thiol groups is 1. The summed E-state index contributed by atoms with van der Waals surface area (Å²) in [6, 6.07) is 0. The minimum atomic E-state index is -0.195. The standard InChI is InChI=1S/C4H10O2S.Na.H/c1-2-3-4-6-7-5;;/h7H,2-4H2,1H3;;. The van der Waals surface area contributed by atoms with E-state index >= 15 is 0 Å². The first-order valence-corrected chi connectivity index (χ1v) is 3.09. The van der Waals surface area contributed by atoms with E-state index in [-0.39, 0.29) is 41.5 Å². The molecule has 0 aliphatic heterocycles. The van der Waals surface area contributed by atoms with Gasteiger partial charge in [-0.15, -0.1) is 0 Å². The van der Waals surface area contributed by atoms with Crippen LogP contribution in [0.5, 0.6) is 0 Å². The Morgan fingerprint density at radius 1 is 1.62 bits per heavy atom. The molecular weight excluding hydrogens is 135 g/mol. The Bertz CT molecular complexity index is 51.3. The predicted molar refractivity (Wildman–Crippen MR) is 37.5 cm³/mol. The monoisotopic (exact) mass is 146 g/mol. The van der Waals surface area contributed by atoms with Crippen molar-refractivity contribution in [2.24, 2.45) is 0 Å². The van der Waals surface area contributed by atoms with Crippen LogP contribution in [0.2, 0.25) is 0 Å². The van der Waals surface area contributed by atoms with Gasteiger partial charge >= 0.3 is 29.6 Å². The fourth-order valence-corrected chi connectivity index (χ4v) is 0.450. The van der Waals surface area contributed by atoms with Crippen molar-refractivity contribution < 1.29 is 8.39 Å². The zero-order valence-electron chi connectivity index (χ0n) is 4.39. The summed E-state index contributed by atoms with van der Waals surface area (Å²) in [6.45, 7) is 2.67. The van der Waals surface area contributed by atoms with Gasteiger partial charge in [0.05, 0.1) is 6.61 Å². The van der Waals surface area contributed by atoms with Gasteiger partial charge in [0.2, 0.25) is 0 Å². The molecule has 2 nitrogen and oxygen atoms in total. The molecule has 0 radical (unpaired) electrons. The van der Waals surface area contributed by atoms with Crippen LogP contribution in [-0.2, 0) is 16.1 Å². The molecule has 4 heteroatoms. The molecule has 0 bridgehead atoms. The van der Waals surface area contributed by atoms with E-state index < -0.39 is 0 Å². The van der Waals surface area contributed by atoms with Gasteiger partial charge in [-0.3, -0.25) is 4.18 Å². The fourth-order valence-electron chi connectivity index (χ4n) is 0.246. The molecule has 0 rings (SSSR count). The Morgan fingerprint density at radius 3 is 2.62 bits per heavy atom. The first-order valence-electron chi connectivity index (χ1n) is 2.36. The zero-order valence-corrected chi connectivity index (χ0v) is 5.28. The average molecular weight is 146 g/mol. The van der Waals surface area contributed by atoms with Gasteiger partial charge in [-0.25, -0.2) is 4.21 Å². The zero-order chi connectivity index (χ0) is 5.54. The van der Waals surface area contributed by atoms with Crippen LogP contribution < -0.4 is 0 Å². The summed E-state index contributed by atoms with van der Waals surface area (Å²) in [7, 11) is 0. The van der Waals surface area contributed by atoms with Gasteiger partial charge in [0.15, 0.2) is 0 Å². The molecule has 0 saturated heterocycles. The summed E-state index contributed by atoms with van der Waals surface area (Å²) >= 11 is -0.195. The molecule has 8 heavy (non-hydrogen) atoms. The van der Waals surface area contributed by atoms with E-state index in [1.807, 2.05) is 0 Å². The number of hydrogen-bond acceptors (Lipinski definition) is 2. The van der Waals surface area contributed by atoms with E-state index in [1.54, 1.807) is 0 Å². The molecule has 0 amide bonds. The molecule has 0 fully saturated rings. The van der Waals surface area contributed by atoms with Gasteiger partial charge in [0.25, 0.3) is 0 Å². The molecular formula is C4H11NaO2S. The van der Waals surface area contributed by atoms with E-state index in [4.69, 9.17) is 0 Å². The average Bonchev–Trinajstić information content (AvgIpc) is 1.69. The summed E-state index contributed by atoms with van der Waals surface area (Å²) in [4.78, 5) is 0. The van der Waals surface area contributed by atoms with Crippen molar-refractivity contribution >= 4 is 41.5 Å². The third-order valence-electron chi connectivity index (χ3n) is 0.642. The summed E-state index contributed by atoms with van der Waals surface area (Å²) in [5.74, 6) is 0. The number of hydrogen-bond donors (Lipinski definition) is 1. The van der Waals surface area contributed by atoms with E-state index in [1.165, 1.54) is 0 Å². The van der Waals surface area contributed by atoms with Gasteiger partial charge in [0, 0.05) is 0 Å². The van der Waals surface area contributed by atoms with Crippen molar-refractivity contribution in [3.8, 4) is 0 Å². The van der Waals surface area contributed by atoms with Crippen LogP contribution in [0.4, 0.5) is 0 Å². The second-order valence-electron chi connectivity index (χ2n) is 1.26. The third kappa shape index (κ3) is 10.2. The predicted octanol–water partition coefficient (Wildman–Crippen LogP) is 0.0149. The molecule has 0 atom stereocenters. The number of unbranched alkanes of at least 4 members (excludes halogenated alkanes) is 1. The minimum absolute atomic E-state index is 0. The topological polar surface area (TPSA) is 26.3 Å².